The predicted octanol–water partition coefficient (Wildman–Crippen LogP) is 1.21. The van der Waals surface area contributed by atoms with Gasteiger partial charge in [0.05, 0.1) is 12.6 Å². The molecule has 0 saturated carbocycles. The summed E-state index contributed by atoms with van der Waals surface area (Å²) in [7, 11) is 0. The first kappa shape index (κ1) is 14.7. The number of hydrogen-bond donors (Lipinski definition) is 2. The van der Waals surface area contributed by atoms with Crippen molar-refractivity contribution in [3.05, 3.63) is 18.2 Å². The lowest BCUT2D eigenvalue weighted by Crippen LogP contribution is -2.35. The summed E-state index contributed by atoms with van der Waals surface area (Å²) in [5.74, 6) is 1.01. The molecule has 1 saturated heterocycles. The summed E-state index contributed by atoms with van der Waals surface area (Å²) < 4.78 is 0. The van der Waals surface area contributed by atoms with Gasteiger partial charge in [-0.15, -0.1) is 24.8 Å². The number of rotatable bonds is 2. The molecule has 0 amide bonds. The van der Waals surface area contributed by atoms with Crippen LogP contribution in [0.4, 0.5) is 0 Å². The van der Waals surface area contributed by atoms with Gasteiger partial charge in [-0.1, -0.05) is 0 Å². The molecule has 0 spiro atoms. The third-order valence-electron chi connectivity index (χ3n) is 2.49. The summed E-state index contributed by atoms with van der Waals surface area (Å²) in [5.41, 5.74) is 0. The van der Waals surface area contributed by atoms with Gasteiger partial charge in [0.15, 0.2) is 0 Å². The van der Waals surface area contributed by atoms with Crippen LogP contribution in [0.3, 0.4) is 0 Å². The van der Waals surface area contributed by atoms with Crippen molar-refractivity contribution in [2.75, 3.05) is 13.1 Å². The largest absolute Gasteiger partial charge is 0.393 e. The lowest BCUT2D eigenvalue weighted by atomic mass is 10.1. The molecule has 88 valence electrons. The summed E-state index contributed by atoms with van der Waals surface area (Å²) >= 11 is 0. The molecule has 0 bridgehead atoms. The SMILES string of the molecule is Cl.Cl.OC1CCN(Cc2ncc[nH]2)CC1. The van der Waals surface area contributed by atoms with Crippen LogP contribution in [0.25, 0.3) is 0 Å². The summed E-state index contributed by atoms with van der Waals surface area (Å²) in [4.78, 5) is 9.56. The number of H-pyrrole nitrogens is 1. The van der Waals surface area contributed by atoms with Crippen LogP contribution in [0.15, 0.2) is 12.4 Å². The summed E-state index contributed by atoms with van der Waals surface area (Å²) in [6.07, 6.45) is 5.30. The maximum atomic E-state index is 9.30. The highest BCUT2D eigenvalue weighted by Gasteiger charge is 2.17. The highest BCUT2D eigenvalue weighted by Crippen LogP contribution is 2.11. The van der Waals surface area contributed by atoms with Crippen molar-refractivity contribution in [2.45, 2.75) is 25.5 Å². The van der Waals surface area contributed by atoms with Gasteiger partial charge in [0.2, 0.25) is 0 Å². The van der Waals surface area contributed by atoms with E-state index < -0.39 is 0 Å². The van der Waals surface area contributed by atoms with Gasteiger partial charge in [-0.3, -0.25) is 4.90 Å². The number of hydrogen-bond acceptors (Lipinski definition) is 3. The van der Waals surface area contributed by atoms with E-state index in [0.717, 1.165) is 38.3 Å². The first-order chi connectivity index (χ1) is 6.34. The summed E-state index contributed by atoms with van der Waals surface area (Å²) in [6.45, 7) is 2.82. The smallest absolute Gasteiger partial charge is 0.120 e. The molecular weight excluding hydrogens is 237 g/mol. The number of nitrogens with one attached hydrogen (secondary N) is 1. The predicted molar refractivity (Wildman–Crippen MR) is 63.6 cm³/mol. The molecule has 1 aromatic heterocycles. The first-order valence-electron chi connectivity index (χ1n) is 4.73. The fraction of sp³-hybridized carbons (Fsp3) is 0.667. The highest BCUT2D eigenvalue weighted by atomic mass is 35.5. The van der Waals surface area contributed by atoms with E-state index in [1.807, 2.05) is 6.20 Å². The van der Waals surface area contributed by atoms with Gasteiger partial charge in [0.1, 0.15) is 5.82 Å². The number of piperidine rings is 1. The average Bonchev–Trinajstić information content (AvgIpc) is 2.62. The molecule has 0 aromatic carbocycles. The van der Waals surface area contributed by atoms with Gasteiger partial charge in [-0.2, -0.15) is 0 Å². The minimum Gasteiger partial charge on any atom is -0.393 e. The molecule has 1 fully saturated rings. The Morgan fingerprint density at radius 3 is 2.60 bits per heavy atom. The zero-order valence-corrected chi connectivity index (χ0v) is 10.1. The average molecular weight is 254 g/mol. The lowest BCUT2D eigenvalue weighted by Gasteiger charge is -2.28. The van der Waals surface area contributed by atoms with Crippen LogP contribution in [-0.4, -0.2) is 39.2 Å². The summed E-state index contributed by atoms with van der Waals surface area (Å²) in [5, 5.41) is 9.30. The molecule has 1 aliphatic heterocycles. The number of aromatic amines is 1. The Morgan fingerprint density at radius 1 is 1.40 bits per heavy atom. The molecule has 2 heterocycles. The van der Waals surface area contributed by atoms with Gasteiger partial charge >= 0.3 is 0 Å². The standard InChI is InChI=1S/C9H15N3O.2ClH/c13-8-1-5-12(6-2-8)7-9-10-3-4-11-9;;/h3-4,8,13H,1-2,5-7H2,(H,10,11);2*1H. The van der Waals surface area contributed by atoms with Gasteiger partial charge in [0.25, 0.3) is 0 Å². The van der Waals surface area contributed by atoms with E-state index >= 15 is 0 Å². The number of halogens is 2. The van der Waals surface area contributed by atoms with E-state index in [1.54, 1.807) is 6.20 Å². The monoisotopic (exact) mass is 253 g/mol. The second-order valence-electron chi connectivity index (χ2n) is 3.54. The number of likely N-dealkylation sites (tertiary alicyclic amines) is 1. The van der Waals surface area contributed by atoms with E-state index in [0.29, 0.717) is 0 Å². The third-order valence-corrected chi connectivity index (χ3v) is 2.49. The number of imidazole rings is 1. The van der Waals surface area contributed by atoms with Crippen LogP contribution in [-0.2, 0) is 6.54 Å². The van der Waals surface area contributed by atoms with Crippen molar-refractivity contribution in [2.24, 2.45) is 0 Å². The van der Waals surface area contributed by atoms with Crippen molar-refractivity contribution < 1.29 is 5.11 Å². The molecule has 6 heteroatoms. The first-order valence-corrected chi connectivity index (χ1v) is 4.73. The Bertz CT molecular complexity index is 248. The Balaban J connectivity index is 0.000000980. The Morgan fingerprint density at radius 2 is 2.07 bits per heavy atom. The van der Waals surface area contributed by atoms with Gasteiger partial charge in [0, 0.05) is 25.5 Å². The van der Waals surface area contributed by atoms with Gasteiger partial charge in [-0.05, 0) is 12.8 Å². The van der Waals surface area contributed by atoms with Crippen molar-refractivity contribution in [1.82, 2.24) is 14.9 Å². The Labute approximate surface area is 102 Å². The second-order valence-corrected chi connectivity index (χ2v) is 3.54. The summed E-state index contributed by atoms with van der Waals surface area (Å²) in [6, 6.07) is 0. The van der Waals surface area contributed by atoms with Crippen molar-refractivity contribution in [1.29, 1.82) is 0 Å². The van der Waals surface area contributed by atoms with Crippen molar-refractivity contribution >= 4 is 24.8 Å². The molecule has 0 aliphatic carbocycles. The third kappa shape index (κ3) is 4.38. The number of aromatic nitrogens is 2. The van der Waals surface area contributed by atoms with Crippen LogP contribution in [0, 0.1) is 0 Å². The maximum absolute atomic E-state index is 9.30. The molecular formula is C9H17Cl2N3O. The molecule has 1 aromatic rings. The highest BCUT2D eigenvalue weighted by molar-refractivity contribution is 5.85. The van der Waals surface area contributed by atoms with Crippen molar-refractivity contribution in [3.63, 3.8) is 0 Å². The normalized spacial score (nSPS) is 17.9. The van der Waals surface area contributed by atoms with Gasteiger partial charge in [-0.25, -0.2) is 4.98 Å². The van der Waals surface area contributed by atoms with E-state index in [4.69, 9.17) is 0 Å². The fourth-order valence-electron chi connectivity index (χ4n) is 1.67. The number of aliphatic hydroxyl groups excluding tert-OH is 1. The molecule has 0 radical (unpaired) electrons. The Kier molecular flexibility index (Phi) is 6.92. The molecule has 0 unspecified atom stereocenters. The van der Waals surface area contributed by atoms with E-state index in [2.05, 4.69) is 14.9 Å². The van der Waals surface area contributed by atoms with E-state index in [9.17, 15) is 5.11 Å². The zero-order chi connectivity index (χ0) is 9.10. The van der Waals surface area contributed by atoms with Crippen LogP contribution in [0.2, 0.25) is 0 Å². The molecule has 1 aliphatic rings. The number of nitrogens with zero attached hydrogens (tertiary/aromatic N) is 2. The van der Waals surface area contributed by atoms with E-state index in [-0.39, 0.29) is 30.9 Å². The van der Waals surface area contributed by atoms with Crippen LogP contribution in [0.1, 0.15) is 18.7 Å². The van der Waals surface area contributed by atoms with Crippen LogP contribution in [0.5, 0.6) is 0 Å². The molecule has 0 atom stereocenters. The molecule has 2 rings (SSSR count). The van der Waals surface area contributed by atoms with Crippen LogP contribution < -0.4 is 0 Å². The zero-order valence-electron chi connectivity index (χ0n) is 8.43. The fourth-order valence-corrected chi connectivity index (χ4v) is 1.67. The quantitative estimate of drug-likeness (QED) is 0.834. The minimum atomic E-state index is -0.0900. The van der Waals surface area contributed by atoms with Crippen molar-refractivity contribution in [3.8, 4) is 0 Å². The molecule has 4 nitrogen and oxygen atoms in total. The van der Waals surface area contributed by atoms with Gasteiger partial charge < -0.3 is 10.1 Å². The Hall–Kier alpha value is -0.290. The van der Waals surface area contributed by atoms with Crippen LogP contribution >= 0.6 is 24.8 Å². The maximum Gasteiger partial charge on any atom is 0.120 e. The topological polar surface area (TPSA) is 52.1 Å². The molecule has 15 heavy (non-hydrogen) atoms. The second kappa shape index (κ2) is 7.06. The molecule has 2 N–H and O–H groups in total. The number of aliphatic hydroxyl groups is 1. The minimum absolute atomic E-state index is 0. The van der Waals surface area contributed by atoms with E-state index in [1.165, 1.54) is 0 Å². The lowest BCUT2D eigenvalue weighted by molar-refractivity contribution is 0.0781.